The van der Waals surface area contributed by atoms with E-state index in [0.717, 1.165) is 46.4 Å². The number of alkyl halides is 3. The summed E-state index contributed by atoms with van der Waals surface area (Å²) in [5.41, 5.74) is 1.45. The number of H-pyrrole nitrogens is 1. The van der Waals surface area contributed by atoms with Crippen molar-refractivity contribution >= 4 is 45.4 Å². The number of hydrogen-bond acceptors (Lipinski definition) is 5. The standard InChI is InChI=1S/C23H18F3N3O3S/c1-32-20(30)12-19-21(31)29(11-10-14-13-27-18-5-3-2-4-17(14)18)22(33-19)28-16-8-6-15(7-9-16)23(24,25)26/h2-9,12-13,27H,10-11H2,1H3/b19-12-,28-22?. The van der Waals surface area contributed by atoms with Crippen LogP contribution >= 0.6 is 11.8 Å². The van der Waals surface area contributed by atoms with Crippen LogP contribution in [-0.4, -0.2) is 40.6 Å². The topological polar surface area (TPSA) is 74.8 Å². The first-order chi connectivity index (χ1) is 15.8. The lowest BCUT2D eigenvalue weighted by molar-refractivity contribution is -0.137. The molecule has 0 radical (unpaired) electrons. The number of fused-ring (bicyclic) bond motifs is 1. The van der Waals surface area contributed by atoms with Crippen LogP contribution < -0.4 is 0 Å². The number of hydrogen-bond donors (Lipinski definition) is 1. The Labute approximate surface area is 191 Å². The van der Waals surface area contributed by atoms with Gasteiger partial charge in [0.1, 0.15) is 0 Å². The molecule has 1 N–H and O–H groups in total. The molecule has 0 bridgehead atoms. The van der Waals surface area contributed by atoms with Crippen molar-refractivity contribution < 1.29 is 27.5 Å². The second-order valence-electron chi connectivity index (χ2n) is 7.14. The molecule has 6 nitrogen and oxygen atoms in total. The molecule has 0 atom stereocenters. The van der Waals surface area contributed by atoms with Crippen LogP contribution in [0, 0.1) is 0 Å². The number of nitrogens with one attached hydrogen (secondary N) is 1. The van der Waals surface area contributed by atoms with Crippen LogP contribution in [-0.2, 0) is 26.9 Å². The highest BCUT2D eigenvalue weighted by molar-refractivity contribution is 8.18. The molecule has 1 aliphatic rings. The van der Waals surface area contributed by atoms with Crippen molar-refractivity contribution in [3.63, 3.8) is 0 Å². The van der Waals surface area contributed by atoms with Gasteiger partial charge in [-0.1, -0.05) is 18.2 Å². The zero-order chi connectivity index (χ0) is 23.6. The zero-order valence-corrected chi connectivity index (χ0v) is 18.2. The largest absolute Gasteiger partial charge is 0.466 e. The van der Waals surface area contributed by atoms with Crippen LogP contribution in [0.3, 0.4) is 0 Å². The number of esters is 1. The summed E-state index contributed by atoms with van der Waals surface area (Å²) in [6, 6.07) is 12.1. The molecule has 0 saturated carbocycles. The fourth-order valence-corrected chi connectivity index (χ4v) is 4.35. The number of rotatable bonds is 5. The van der Waals surface area contributed by atoms with Crippen molar-refractivity contribution in [3.8, 4) is 0 Å². The molecule has 1 saturated heterocycles. The van der Waals surface area contributed by atoms with E-state index in [4.69, 9.17) is 0 Å². The predicted molar refractivity (Wildman–Crippen MR) is 120 cm³/mol. The van der Waals surface area contributed by atoms with Crippen LogP contribution in [0.4, 0.5) is 18.9 Å². The summed E-state index contributed by atoms with van der Waals surface area (Å²) >= 11 is 0.973. The van der Waals surface area contributed by atoms with Gasteiger partial charge in [0.2, 0.25) is 0 Å². The molecule has 2 heterocycles. The minimum absolute atomic E-state index is 0.131. The van der Waals surface area contributed by atoms with Crippen molar-refractivity contribution in [2.75, 3.05) is 13.7 Å². The number of amides is 1. The lowest BCUT2D eigenvalue weighted by atomic mass is 10.1. The summed E-state index contributed by atoms with van der Waals surface area (Å²) in [5, 5.41) is 1.30. The van der Waals surface area contributed by atoms with Gasteiger partial charge in [0.15, 0.2) is 5.17 Å². The van der Waals surface area contributed by atoms with Gasteiger partial charge in [0.05, 0.1) is 23.3 Å². The molecule has 0 aliphatic carbocycles. The second kappa shape index (κ2) is 9.14. The molecule has 1 aliphatic heterocycles. The number of methoxy groups -OCH3 is 1. The number of carbonyl (C=O) groups is 2. The molecule has 4 rings (SSSR count). The van der Waals surface area contributed by atoms with Gasteiger partial charge < -0.3 is 9.72 Å². The molecule has 33 heavy (non-hydrogen) atoms. The maximum atomic E-state index is 13.0. The van der Waals surface area contributed by atoms with Crippen molar-refractivity contribution in [1.29, 1.82) is 0 Å². The molecule has 1 fully saturated rings. The Balaban J connectivity index is 1.62. The smallest absolute Gasteiger partial charge is 0.416 e. The van der Waals surface area contributed by atoms with Crippen molar-refractivity contribution in [1.82, 2.24) is 9.88 Å². The maximum absolute atomic E-state index is 13.0. The SMILES string of the molecule is COC(=O)/C=C1\SC(=Nc2ccc(C(F)(F)F)cc2)N(CCc2c[nH]c3ccccc23)C1=O. The number of aromatic nitrogens is 1. The van der Waals surface area contributed by atoms with Gasteiger partial charge >= 0.3 is 12.1 Å². The molecular formula is C23H18F3N3O3S. The number of nitrogens with zero attached hydrogens (tertiary/aromatic N) is 2. The third-order valence-corrected chi connectivity index (χ3v) is 6.04. The number of amidine groups is 1. The van der Waals surface area contributed by atoms with Gasteiger partial charge in [-0.15, -0.1) is 0 Å². The zero-order valence-electron chi connectivity index (χ0n) is 17.3. The van der Waals surface area contributed by atoms with E-state index in [0.29, 0.717) is 6.42 Å². The maximum Gasteiger partial charge on any atom is 0.416 e. The lowest BCUT2D eigenvalue weighted by Crippen LogP contribution is -2.31. The van der Waals surface area contributed by atoms with E-state index in [1.807, 2.05) is 30.5 Å². The third-order valence-electron chi connectivity index (χ3n) is 5.04. The Morgan fingerprint density at radius 1 is 1.18 bits per heavy atom. The van der Waals surface area contributed by atoms with Crippen LogP contribution in [0.1, 0.15) is 11.1 Å². The van der Waals surface area contributed by atoms with E-state index in [1.54, 1.807) is 0 Å². The summed E-state index contributed by atoms with van der Waals surface area (Å²) in [6.07, 6.45) is -0.989. The molecule has 170 valence electrons. The second-order valence-corrected chi connectivity index (χ2v) is 8.15. The highest BCUT2D eigenvalue weighted by atomic mass is 32.2. The number of halogens is 3. The molecular weight excluding hydrogens is 455 g/mol. The van der Waals surface area contributed by atoms with Gasteiger partial charge in [-0.2, -0.15) is 13.2 Å². The molecule has 1 amide bonds. The van der Waals surface area contributed by atoms with Crippen LogP contribution in [0.25, 0.3) is 10.9 Å². The van der Waals surface area contributed by atoms with E-state index in [1.165, 1.54) is 24.1 Å². The molecule has 10 heteroatoms. The average molecular weight is 473 g/mol. The Bertz CT molecular complexity index is 1260. The van der Waals surface area contributed by atoms with Crippen molar-refractivity contribution in [2.24, 2.45) is 4.99 Å². The first kappa shape index (κ1) is 22.7. The summed E-state index contributed by atoms with van der Waals surface area (Å²) in [6.45, 7) is 0.270. The normalized spacial score (nSPS) is 16.8. The molecule has 0 spiro atoms. The number of aromatic amines is 1. The quantitative estimate of drug-likeness (QED) is 0.416. The summed E-state index contributed by atoms with van der Waals surface area (Å²) in [5.74, 6) is -1.10. The van der Waals surface area contributed by atoms with Gasteiger partial charge in [-0.25, -0.2) is 9.79 Å². The molecule has 1 aromatic heterocycles. The summed E-state index contributed by atoms with van der Waals surface area (Å²) in [7, 11) is 1.20. The van der Waals surface area contributed by atoms with Gasteiger partial charge in [0, 0.05) is 29.7 Å². The van der Waals surface area contributed by atoms with E-state index in [9.17, 15) is 22.8 Å². The summed E-state index contributed by atoms with van der Waals surface area (Å²) < 4.78 is 43.1. The number of carbonyl (C=O) groups excluding carboxylic acids is 2. The minimum atomic E-state index is -4.45. The summed E-state index contributed by atoms with van der Waals surface area (Å²) in [4.78, 5) is 33.7. The first-order valence-electron chi connectivity index (χ1n) is 9.86. The Kier molecular flexibility index (Phi) is 6.28. The third kappa shape index (κ3) is 4.95. The number of ether oxygens (including phenoxy) is 1. The number of benzene rings is 2. The average Bonchev–Trinajstić information content (AvgIpc) is 3.33. The van der Waals surface area contributed by atoms with Gasteiger partial charge in [0.25, 0.3) is 5.91 Å². The number of aliphatic imine (C=N–C) groups is 1. The molecule has 2 aromatic carbocycles. The van der Waals surface area contributed by atoms with Crippen LogP contribution in [0.2, 0.25) is 0 Å². The fraction of sp³-hybridized carbons (Fsp3) is 0.174. The molecule has 3 aromatic rings. The lowest BCUT2D eigenvalue weighted by Gasteiger charge is -2.15. The monoisotopic (exact) mass is 473 g/mol. The van der Waals surface area contributed by atoms with Crippen molar-refractivity contribution in [3.05, 3.63) is 76.8 Å². The van der Waals surface area contributed by atoms with E-state index >= 15 is 0 Å². The number of para-hydroxylation sites is 1. The Morgan fingerprint density at radius 2 is 1.91 bits per heavy atom. The fourth-order valence-electron chi connectivity index (χ4n) is 3.36. The Hall–Kier alpha value is -3.53. The van der Waals surface area contributed by atoms with E-state index < -0.39 is 23.6 Å². The Morgan fingerprint density at radius 3 is 2.61 bits per heavy atom. The highest BCUT2D eigenvalue weighted by Crippen LogP contribution is 2.35. The van der Waals surface area contributed by atoms with E-state index in [-0.39, 0.29) is 22.3 Å². The van der Waals surface area contributed by atoms with Gasteiger partial charge in [-0.3, -0.25) is 9.69 Å². The van der Waals surface area contributed by atoms with E-state index in [2.05, 4.69) is 14.7 Å². The number of thioether (sulfide) groups is 1. The predicted octanol–water partition coefficient (Wildman–Crippen LogP) is 5.05. The van der Waals surface area contributed by atoms with Gasteiger partial charge in [-0.05, 0) is 54.1 Å². The van der Waals surface area contributed by atoms with Crippen molar-refractivity contribution in [2.45, 2.75) is 12.6 Å². The van der Waals surface area contributed by atoms with Crippen LogP contribution in [0.15, 0.2) is 70.7 Å². The van der Waals surface area contributed by atoms with Crippen LogP contribution in [0.5, 0.6) is 0 Å². The highest BCUT2D eigenvalue weighted by Gasteiger charge is 2.34. The molecule has 0 unspecified atom stereocenters. The first-order valence-corrected chi connectivity index (χ1v) is 10.7. The minimum Gasteiger partial charge on any atom is -0.466 e.